The van der Waals surface area contributed by atoms with Crippen LogP contribution in [0.1, 0.15) is 38.3 Å². The second-order valence-corrected chi connectivity index (χ2v) is 6.93. The van der Waals surface area contributed by atoms with Crippen molar-refractivity contribution in [2.45, 2.75) is 45.1 Å². The van der Waals surface area contributed by atoms with Gasteiger partial charge >= 0.3 is 0 Å². The van der Waals surface area contributed by atoms with Crippen molar-refractivity contribution in [2.75, 3.05) is 23.3 Å². The molecular weight excluding hydrogens is 415 g/mol. The van der Waals surface area contributed by atoms with Crippen LogP contribution in [0.15, 0.2) is 30.3 Å². The van der Waals surface area contributed by atoms with E-state index in [9.17, 15) is 10.1 Å². The van der Waals surface area contributed by atoms with Crippen LogP contribution in [0.4, 0.5) is 23.1 Å². The fraction of sp³-hybridized carbons (Fsp3) is 0.474. The molecule has 0 bridgehead atoms. The number of nitro groups is 1. The second-order valence-electron chi connectivity index (χ2n) is 6.93. The summed E-state index contributed by atoms with van der Waals surface area (Å²) in [5.74, 6) is 1.32. The molecule has 1 aromatic heterocycles. The second kappa shape index (κ2) is 11.7. The lowest BCUT2D eigenvalue weighted by molar-refractivity contribution is -0.384. The Bertz CT molecular complexity index is 808. The molecule has 1 aromatic carbocycles. The Morgan fingerprint density at radius 3 is 2.79 bits per heavy atom. The normalized spacial score (nSPS) is 15.8. The zero-order valence-electron chi connectivity index (χ0n) is 16.4. The average Bonchev–Trinajstić information content (AvgIpc) is 2.66. The highest BCUT2D eigenvalue weighted by Gasteiger charge is 2.19. The third-order valence-electron chi connectivity index (χ3n) is 4.65. The van der Waals surface area contributed by atoms with Crippen LogP contribution in [-0.4, -0.2) is 34.0 Å². The zero-order chi connectivity index (χ0) is 19.2. The number of benzene rings is 1. The monoisotopic (exact) mass is 442 g/mol. The summed E-state index contributed by atoms with van der Waals surface area (Å²) < 4.78 is 0. The number of aromatic nitrogens is 2. The van der Waals surface area contributed by atoms with E-state index in [4.69, 9.17) is 5.73 Å². The van der Waals surface area contributed by atoms with Gasteiger partial charge < -0.3 is 16.0 Å². The molecule has 160 valence electrons. The van der Waals surface area contributed by atoms with Crippen molar-refractivity contribution in [3.63, 3.8) is 0 Å². The van der Waals surface area contributed by atoms with Crippen LogP contribution in [0.25, 0.3) is 0 Å². The van der Waals surface area contributed by atoms with E-state index >= 15 is 0 Å². The molecule has 1 saturated heterocycles. The van der Waals surface area contributed by atoms with Crippen molar-refractivity contribution in [3.8, 4) is 0 Å². The van der Waals surface area contributed by atoms with Crippen molar-refractivity contribution in [3.05, 3.63) is 46.1 Å². The van der Waals surface area contributed by atoms with Crippen LogP contribution in [-0.2, 0) is 6.42 Å². The third kappa shape index (κ3) is 6.99. The SMILES string of the molecule is CCCCc1cc(N2CCC[C@@H](N)C2)nc(Nc2cccc([N+](=O)[O-])c2)n1.Cl.Cl. The van der Waals surface area contributed by atoms with E-state index in [-0.39, 0.29) is 36.5 Å². The lowest BCUT2D eigenvalue weighted by Gasteiger charge is -2.32. The first-order valence-electron chi connectivity index (χ1n) is 9.45. The highest BCUT2D eigenvalue weighted by Crippen LogP contribution is 2.24. The maximum absolute atomic E-state index is 11.0. The van der Waals surface area contributed by atoms with Crippen molar-refractivity contribution in [1.82, 2.24) is 9.97 Å². The molecule has 2 heterocycles. The summed E-state index contributed by atoms with van der Waals surface area (Å²) in [6.07, 6.45) is 5.08. The van der Waals surface area contributed by atoms with Gasteiger partial charge in [-0.15, -0.1) is 24.8 Å². The molecule has 0 aliphatic carbocycles. The number of nitro benzene ring substituents is 1. The fourth-order valence-corrected chi connectivity index (χ4v) is 3.23. The number of nitrogens with zero attached hydrogens (tertiary/aromatic N) is 4. The highest BCUT2D eigenvalue weighted by atomic mass is 35.5. The smallest absolute Gasteiger partial charge is 0.271 e. The van der Waals surface area contributed by atoms with Crippen molar-refractivity contribution in [1.29, 1.82) is 0 Å². The van der Waals surface area contributed by atoms with E-state index in [1.807, 2.05) is 6.07 Å². The van der Waals surface area contributed by atoms with Gasteiger partial charge in [-0.05, 0) is 31.7 Å². The Morgan fingerprint density at radius 1 is 1.31 bits per heavy atom. The number of halogens is 2. The quantitative estimate of drug-likeness (QED) is 0.486. The number of nitrogens with two attached hydrogens (primary N) is 1. The van der Waals surface area contributed by atoms with Crippen molar-refractivity contribution >= 4 is 48.0 Å². The lowest BCUT2D eigenvalue weighted by Crippen LogP contribution is -2.43. The first-order valence-corrected chi connectivity index (χ1v) is 9.45. The van der Waals surface area contributed by atoms with E-state index in [2.05, 4.69) is 27.1 Å². The molecule has 1 fully saturated rings. The number of nitrogens with one attached hydrogen (secondary N) is 1. The van der Waals surface area contributed by atoms with Gasteiger partial charge in [-0.2, -0.15) is 4.98 Å². The Kier molecular flexibility index (Phi) is 10.1. The summed E-state index contributed by atoms with van der Waals surface area (Å²) in [7, 11) is 0. The van der Waals surface area contributed by atoms with Gasteiger partial charge in [0.05, 0.1) is 4.92 Å². The van der Waals surface area contributed by atoms with Crippen LogP contribution in [0, 0.1) is 10.1 Å². The molecule has 10 heteroatoms. The first kappa shape index (κ1) is 24.9. The maximum Gasteiger partial charge on any atom is 0.271 e. The highest BCUT2D eigenvalue weighted by molar-refractivity contribution is 5.85. The number of non-ortho nitro benzene ring substituents is 1. The Balaban J connectivity index is 0.00000210. The third-order valence-corrected chi connectivity index (χ3v) is 4.65. The lowest BCUT2D eigenvalue weighted by atomic mass is 10.1. The first-order chi connectivity index (χ1) is 13.0. The van der Waals surface area contributed by atoms with Crippen molar-refractivity contribution in [2.24, 2.45) is 5.73 Å². The average molecular weight is 443 g/mol. The number of hydrogen-bond acceptors (Lipinski definition) is 7. The number of aryl methyl sites for hydroxylation is 1. The summed E-state index contributed by atoms with van der Waals surface area (Å²) in [6.45, 7) is 3.85. The van der Waals surface area contributed by atoms with E-state index < -0.39 is 4.92 Å². The molecule has 2 aromatic rings. The van der Waals surface area contributed by atoms with Gasteiger partial charge in [0.15, 0.2) is 0 Å². The molecule has 0 spiro atoms. The van der Waals surface area contributed by atoms with Gasteiger partial charge in [0, 0.05) is 48.7 Å². The predicted octanol–water partition coefficient (Wildman–Crippen LogP) is 4.24. The van der Waals surface area contributed by atoms with Crippen LogP contribution < -0.4 is 16.0 Å². The van der Waals surface area contributed by atoms with Crippen LogP contribution >= 0.6 is 24.8 Å². The fourth-order valence-electron chi connectivity index (χ4n) is 3.23. The van der Waals surface area contributed by atoms with Gasteiger partial charge in [0.2, 0.25) is 5.95 Å². The Morgan fingerprint density at radius 2 is 2.10 bits per heavy atom. The van der Waals surface area contributed by atoms with Crippen molar-refractivity contribution < 1.29 is 4.92 Å². The minimum Gasteiger partial charge on any atom is -0.355 e. The largest absolute Gasteiger partial charge is 0.355 e. The molecule has 1 atom stereocenters. The topological polar surface area (TPSA) is 110 Å². The zero-order valence-corrected chi connectivity index (χ0v) is 18.0. The number of hydrogen-bond donors (Lipinski definition) is 2. The van der Waals surface area contributed by atoms with Gasteiger partial charge in [-0.1, -0.05) is 19.4 Å². The van der Waals surface area contributed by atoms with Gasteiger partial charge in [0.1, 0.15) is 5.82 Å². The van der Waals surface area contributed by atoms with Gasteiger partial charge in [-0.25, -0.2) is 4.98 Å². The molecule has 0 radical (unpaired) electrons. The predicted molar refractivity (Wildman–Crippen MR) is 121 cm³/mol. The van der Waals surface area contributed by atoms with E-state index in [0.29, 0.717) is 11.6 Å². The van der Waals surface area contributed by atoms with Gasteiger partial charge in [-0.3, -0.25) is 10.1 Å². The van der Waals surface area contributed by atoms with Crippen LogP contribution in [0.3, 0.4) is 0 Å². The minimum absolute atomic E-state index is 0. The molecule has 3 N–H and O–H groups in total. The molecular formula is C19H28Cl2N6O2. The van der Waals surface area contributed by atoms with E-state index in [1.54, 1.807) is 12.1 Å². The summed E-state index contributed by atoms with van der Waals surface area (Å²) in [4.78, 5) is 22.0. The molecule has 0 unspecified atom stereocenters. The van der Waals surface area contributed by atoms with E-state index in [1.165, 1.54) is 12.1 Å². The Hall–Kier alpha value is -2.16. The summed E-state index contributed by atoms with van der Waals surface area (Å²) in [5, 5.41) is 14.1. The minimum atomic E-state index is -0.412. The molecule has 0 saturated carbocycles. The molecule has 0 amide bonds. The standard InChI is InChI=1S/C19H26N6O2.2ClH/c1-2-3-7-16-12-18(24-10-5-6-14(20)13-24)23-19(22-16)21-15-8-4-9-17(11-15)25(26)27;;/h4,8-9,11-12,14H,2-3,5-7,10,13,20H2,1H3,(H,21,22,23);2*1H/t14-;;/m1../s1. The van der Waals surface area contributed by atoms with Crippen LogP contribution in [0.2, 0.25) is 0 Å². The maximum atomic E-state index is 11.0. The molecule has 3 rings (SSSR count). The Labute approximate surface area is 183 Å². The molecule has 29 heavy (non-hydrogen) atoms. The van der Waals surface area contributed by atoms with Gasteiger partial charge in [0.25, 0.3) is 5.69 Å². The van der Waals surface area contributed by atoms with Crippen LogP contribution in [0.5, 0.6) is 0 Å². The van der Waals surface area contributed by atoms with E-state index in [0.717, 1.165) is 56.7 Å². The molecule has 1 aliphatic heterocycles. The number of anilines is 3. The summed E-state index contributed by atoms with van der Waals surface area (Å²) >= 11 is 0. The summed E-state index contributed by atoms with van der Waals surface area (Å²) in [6, 6.07) is 8.55. The number of rotatable bonds is 7. The number of piperidine rings is 1. The molecule has 1 aliphatic rings. The molecule has 8 nitrogen and oxygen atoms in total. The summed E-state index contributed by atoms with van der Waals surface area (Å²) in [5.41, 5.74) is 7.72. The number of unbranched alkanes of at least 4 members (excludes halogenated alkanes) is 1.